The summed E-state index contributed by atoms with van der Waals surface area (Å²) in [5, 5.41) is 12.6. The fourth-order valence-corrected chi connectivity index (χ4v) is 3.17. The van der Waals surface area contributed by atoms with Crippen LogP contribution in [0.3, 0.4) is 0 Å². The molecule has 0 amide bonds. The lowest BCUT2D eigenvalue weighted by atomic mass is 10.00. The van der Waals surface area contributed by atoms with Crippen LogP contribution < -0.4 is 0 Å². The summed E-state index contributed by atoms with van der Waals surface area (Å²) in [6.07, 6.45) is 1.80. The van der Waals surface area contributed by atoms with Crippen LogP contribution in [0.15, 0.2) is 72.8 Å². The van der Waals surface area contributed by atoms with Crippen LogP contribution in [0.25, 0.3) is 21.7 Å². The molecular weight excluding hydrogens is 292 g/mol. The molecule has 0 aliphatic heterocycles. The highest BCUT2D eigenvalue weighted by Crippen LogP contribution is 2.27. The molecule has 0 saturated carbocycles. The van der Waals surface area contributed by atoms with Crippen molar-refractivity contribution < 1.29 is 0 Å². The Hall–Kier alpha value is -3.18. The lowest BCUT2D eigenvalue weighted by Crippen LogP contribution is -1.97. The maximum absolute atomic E-state index is 8.90. The molecule has 4 rings (SSSR count). The number of nitriles is 1. The Morgan fingerprint density at radius 1 is 0.708 bits per heavy atom. The second-order valence-electron chi connectivity index (χ2n) is 5.93. The van der Waals surface area contributed by atoms with E-state index in [0.717, 1.165) is 24.1 Å². The van der Waals surface area contributed by atoms with Crippen LogP contribution in [-0.2, 0) is 12.8 Å². The van der Waals surface area contributed by atoms with E-state index in [2.05, 4.69) is 48.5 Å². The zero-order chi connectivity index (χ0) is 16.4. The van der Waals surface area contributed by atoms with Crippen molar-refractivity contribution in [1.82, 2.24) is 4.98 Å². The minimum atomic E-state index is 0.702. The summed E-state index contributed by atoms with van der Waals surface area (Å²) < 4.78 is 0. The first-order chi connectivity index (χ1) is 11.8. The second-order valence-corrected chi connectivity index (χ2v) is 5.93. The largest absolute Gasteiger partial charge is 0.252 e. The fraction of sp³-hybridized carbons (Fsp3) is 0.0909. The first kappa shape index (κ1) is 14.4. The van der Waals surface area contributed by atoms with Crippen LogP contribution in [-0.4, -0.2) is 4.98 Å². The quantitative estimate of drug-likeness (QED) is 0.497. The number of rotatable bonds is 3. The molecule has 0 aliphatic carbocycles. The van der Waals surface area contributed by atoms with Crippen LogP contribution >= 0.6 is 0 Å². The molecule has 4 aromatic rings. The molecule has 0 radical (unpaired) electrons. The van der Waals surface area contributed by atoms with Gasteiger partial charge in [0.1, 0.15) is 0 Å². The number of benzene rings is 3. The first-order valence-corrected chi connectivity index (χ1v) is 8.10. The van der Waals surface area contributed by atoms with Gasteiger partial charge in [-0.1, -0.05) is 54.6 Å². The summed E-state index contributed by atoms with van der Waals surface area (Å²) in [7, 11) is 0. The molecule has 0 spiro atoms. The normalized spacial score (nSPS) is 10.8. The average molecular weight is 308 g/mol. The van der Waals surface area contributed by atoms with Crippen molar-refractivity contribution in [3.8, 4) is 6.07 Å². The van der Waals surface area contributed by atoms with Gasteiger partial charge in [0.25, 0.3) is 0 Å². The van der Waals surface area contributed by atoms with Crippen molar-refractivity contribution in [2.45, 2.75) is 12.8 Å². The number of para-hydroxylation sites is 1. The van der Waals surface area contributed by atoms with Crippen LogP contribution in [0.1, 0.15) is 16.8 Å². The summed E-state index contributed by atoms with van der Waals surface area (Å²) in [5.74, 6) is 0. The maximum Gasteiger partial charge on any atom is 0.0991 e. The molecule has 0 fully saturated rings. The van der Waals surface area contributed by atoms with Gasteiger partial charge in [-0.15, -0.1) is 0 Å². The summed E-state index contributed by atoms with van der Waals surface area (Å²) >= 11 is 0. The van der Waals surface area contributed by atoms with Crippen molar-refractivity contribution in [2.24, 2.45) is 0 Å². The molecule has 0 bridgehead atoms. The van der Waals surface area contributed by atoms with E-state index in [1.54, 1.807) is 0 Å². The molecule has 24 heavy (non-hydrogen) atoms. The smallest absolute Gasteiger partial charge is 0.0991 e. The lowest BCUT2D eigenvalue weighted by Gasteiger charge is -2.09. The maximum atomic E-state index is 8.90. The van der Waals surface area contributed by atoms with E-state index in [1.165, 1.54) is 21.7 Å². The van der Waals surface area contributed by atoms with E-state index in [1.807, 2.05) is 30.3 Å². The Morgan fingerprint density at radius 2 is 1.38 bits per heavy atom. The zero-order valence-electron chi connectivity index (χ0n) is 13.2. The van der Waals surface area contributed by atoms with Crippen LogP contribution in [0, 0.1) is 11.3 Å². The molecule has 0 N–H and O–H groups in total. The van der Waals surface area contributed by atoms with Gasteiger partial charge in [0.05, 0.1) is 17.1 Å². The number of nitrogens with zero attached hydrogens (tertiary/aromatic N) is 2. The summed E-state index contributed by atoms with van der Waals surface area (Å²) in [4.78, 5) is 4.90. The van der Waals surface area contributed by atoms with Crippen LogP contribution in [0.4, 0.5) is 0 Å². The van der Waals surface area contributed by atoms with Crippen LogP contribution in [0.5, 0.6) is 0 Å². The van der Waals surface area contributed by atoms with Gasteiger partial charge in [-0.3, -0.25) is 4.98 Å². The van der Waals surface area contributed by atoms with E-state index in [9.17, 15) is 0 Å². The van der Waals surface area contributed by atoms with Crippen molar-refractivity contribution in [3.63, 3.8) is 0 Å². The molecule has 0 unspecified atom stereocenters. The lowest BCUT2D eigenvalue weighted by molar-refractivity contribution is 0.933. The Bertz CT molecular complexity index is 1060. The number of hydrogen-bond acceptors (Lipinski definition) is 2. The highest BCUT2D eigenvalue weighted by Gasteiger charge is 2.08. The molecule has 1 aromatic heterocycles. The van der Waals surface area contributed by atoms with E-state index in [-0.39, 0.29) is 0 Å². The SMILES string of the molecule is N#Cc1ccc(CCc2nc3ccccc3c3ccccc23)cc1. The van der Waals surface area contributed by atoms with Gasteiger partial charge in [0.15, 0.2) is 0 Å². The molecule has 2 nitrogen and oxygen atoms in total. The molecular formula is C22H16N2. The summed E-state index contributed by atoms with van der Waals surface area (Å²) in [5.41, 5.74) is 4.11. The van der Waals surface area contributed by atoms with Crippen molar-refractivity contribution in [3.05, 3.63) is 89.6 Å². The third kappa shape index (κ3) is 2.61. The Balaban J connectivity index is 1.73. The molecule has 0 saturated heterocycles. The number of aryl methyl sites for hydroxylation is 2. The van der Waals surface area contributed by atoms with Crippen molar-refractivity contribution in [2.75, 3.05) is 0 Å². The zero-order valence-corrected chi connectivity index (χ0v) is 13.2. The predicted octanol–water partition coefficient (Wildman–Crippen LogP) is 5.04. The fourth-order valence-electron chi connectivity index (χ4n) is 3.17. The van der Waals surface area contributed by atoms with Gasteiger partial charge in [-0.25, -0.2) is 0 Å². The monoisotopic (exact) mass is 308 g/mol. The molecule has 1 heterocycles. The molecule has 0 aliphatic rings. The summed E-state index contributed by atoms with van der Waals surface area (Å²) in [6, 6.07) is 26.8. The second kappa shape index (κ2) is 6.14. The number of fused-ring (bicyclic) bond motifs is 3. The predicted molar refractivity (Wildman–Crippen MR) is 97.8 cm³/mol. The minimum absolute atomic E-state index is 0.702. The Morgan fingerprint density at radius 3 is 2.12 bits per heavy atom. The number of aromatic nitrogens is 1. The van der Waals surface area contributed by atoms with Gasteiger partial charge in [-0.2, -0.15) is 5.26 Å². The average Bonchev–Trinajstić information content (AvgIpc) is 2.66. The topological polar surface area (TPSA) is 36.7 Å². The van der Waals surface area contributed by atoms with Crippen LogP contribution in [0.2, 0.25) is 0 Å². The highest BCUT2D eigenvalue weighted by molar-refractivity contribution is 6.06. The number of pyridine rings is 1. The van der Waals surface area contributed by atoms with Gasteiger partial charge < -0.3 is 0 Å². The third-order valence-electron chi connectivity index (χ3n) is 4.42. The molecule has 2 heteroatoms. The van der Waals surface area contributed by atoms with Gasteiger partial charge in [-0.05, 0) is 42.0 Å². The van der Waals surface area contributed by atoms with Gasteiger partial charge in [0.2, 0.25) is 0 Å². The number of hydrogen-bond donors (Lipinski definition) is 0. The third-order valence-corrected chi connectivity index (χ3v) is 4.42. The summed E-state index contributed by atoms with van der Waals surface area (Å²) in [6.45, 7) is 0. The van der Waals surface area contributed by atoms with E-state index >= 15 is 0 Å². The van der Waals surface area contributed by atoms with E-state index in [4.69, 9.17) is 10.2 Å². The Kier molecular flexibility index (Phi) is 3.69. The van der Waals surface area contributed by atoms with E-state index < -0.39 is 0 Å². The van der Waals surface area contributed by atoms with Gasteiger partial charge >= 0.3 is 0 Å². The van der Waals surface area contributed by atoms with E-state index in [0.29, 0.717) is 5.56 Å². The Labute approximate surface area is 141 Å². The standard InChI is InChI=1S/C22H16N2/c23-15-17-11-9-16(10-12-17)13-14-22-20-6-2-1-5-18(20)19-7-3-4-8-21(19)24-22/h1-12H,13-14H2. The molecule has 3 aromatic carbocycles. The first-order valence-electron chi connectivity index (χ1n) is 8.10. The van der Waals surface area contributed by atoms with Crippen molar-refractivity contribution in [1.29, 1.82) is 5.26 Å². The highest BCUT2D eigenvalue weighted by atomic mass is 14.7. The van der Waals surface area contributed by atoms with Gasteiger partial charge in [0, 0.05) is 16.5 Å². The molecule has 114 valence electrons. The molecule has 0 atom stereocenters. The van der Waals surface area contributed by atoms with Crippen molar-refractivity contribution >= 4 is 21.7 Å². The minimum Gasteiger partial charge on any atom is -0.252 e.